The topological polar surface area (TPSA) is 31.4 Å². The normalized spacial score (nSPS) is 21.3. The lowest BCUT2D eigenvalue weighted by molar-refractivity contribution is 0.248. The van der Waals surface area contributed by atoms with E-state index in [-0.39, 0.29) is 0 Å². The average molecular weight is 246 g/mol. The van der Waals surface area contributed by atoms with E-state index in [4.69, 9.17) is 0 Å². The van der Waals surface area contributed by atoms with Gasteiger partial charge in [-0.2, -0.15) is 0 Å². The van der Waals surface area contributed by atoms with Crippen LogP contribution in [0, 0.1) is 0 Å². The molecule has 0 spiro atoms. The average Bonchev–Trinajstić information content (AvgIpc) is 3.25. The number of hydrogen-bond donors (Lipinski definition) is 1. The van der Waals surface area contributed by atoms with Gasteiger partial charge in [0.15, 0.2) is 0 Å². The van der Waals surface area contributed by atoms with Gasteiger partial charge in [-0.1, -0.05) is 0 Å². The summed E-state index contributed by atoms with van der Waals surface area (Å²) in [5.74, 6) is 0. The van der Waals surface area contributed by atoms with Crippen molar-refractivity contribution in [3.05, 3.63) is 24.0 Å². The fourth-order valence-corrected chi connectivity index (χ4v) is 2.82. The highest BCUT2D eigenvalue weighted by Crippen LogP contribution is 2.29. The smallest absolute Gasteiger partial charge is 0.0443 e. The summed E-state index contributed by atoms with van der Waals surface area (Å²) in [7, 11) is 1.99. The van der Waals surface area contributed by atoms with Gasteiger partial charge in [0.25, 0.3) is 0 Å². The van der Waals surface area contributed by atoms with E-state index in [2.05, 4.69) is 26.2 Å². The highest BCUT2D eigenvalue weighted by Gasteiger charge is 2.31. The Balaban J connectivity index is 1.67. The first-order valence-corrected chi connectivity index (χ1v) is 6.95. The molecular formula is C14H22N4. The number of piperazine rings is 1. The zero-order valence-electron chi connectivity index (χ0n) is 11.1. The third kappa shape index (κ3) is 2.49. The van der Waals surface area contributed by atoms with Crippen molar-refractivity contribution in [2.24, 2.45) is 0 Å². The van der Waals surface area contributed by atoms with Crippen LogP contribution in [0.3, 0.4) is 0 Å². The fourth-order valence-electron chi connectivity index (χ4n) is 2.82. The summed E-state index contributed by atoms with van der Waals surface area (Å²) in [5, 5.41) is 3.22. The molecule has 0 aromatic carbocycles. The number of rotatable bonds is 4. The maximum atomic E-state index is 4.23. The van der Waals surface area contributed by atoms with Crippen molar-refractivity contribution in [3.8, 4) is 0 Å². The van der Waals surface area contributed by atoms with Crippen LogP contribution in [0.2, 0.25) is 0 Å². The Bertz CT molecular complexity index is 395. The van der Waals surface area contributed by atoms with Crippen molar-refractivity contribution < 1.29 is 0 Å². The molecular weight excluding hydrogens is 224 g/mol. The second-order valence-corrected chi connectivity index (χ2v) is 5.29. The third-order valence-corrected chi connectivity index (χ3v) is 3.96. The minimum atomic E-state index is 0.895. The maximum absolute atomic E-state index is 4.23. The second-order valence-electron chi connectivity index (χ2n) is 5.29. The van der Waals surface area contributed by atoms with Gasteiger partial charge in [0.2, 0.25) is 0 Å². The van der Waals surface area contributed by atoms with Crippen LogP contribution in [-0.2, 0) is 6.54 Å². The molecule has 1 aromatic heterocycles. The van der Waals surface area contributed by atoms with Crippen LogP contribution in [0.5, 0.6) is 0 Å². The van der Waals surface area contributed by atoms with Gasteiger partial charge in [-0.25, -0.2) is 0 Å². The van der Waals surface area contributed by atoms with Crippen molar-refractivity contribution in [1.29, 1.82) is 0 Å². The molecule has 0 bridgehead atoms. The van der Waals surface area contributed by atoms with Crippen LogP contribution >= 0.6 is 0 Å². The van der Waals surface area contributed by atoms with Crippen LogP contribution in [-0.4, -0.2) is 49.2 Å². The van der Waals surface area contributed by atoms with Gasteiger partial charge in [0, 0.05) is 62.4 Å². The molecule has 4 nitrogen and oxygen atoms in total. The zero-order valence-corrected chi connectivity index (χ0v) is 11.1. The van der Waals surface area contributed by atoms with E-state index in [0.717, 1.165) is 25.7 Å². The standard InChI is InChI=1S/C14H22N4/c1-15-10-12-11-16-5-4-14(12)18-8-6-17(7-9-18)13-2-3-13/h4-5,11,13,15H,2-3,6-10H2,1H3. The number of aromatic nitrogens is 1. The summed E-state index contributed by atoms with van der Waals surface area (Å²) in [6.07, 6.45) is 6.72. The first-order valence-electron chi connectivity index (χ1n) is 6.95. The minimum absolute atomic E-state index is 0.895. The van der Waals surface area contributed by atoms with Gasteiger partial charge in [0.1, 0.15) is 0 Å². The molecule has 0 unspecified atom stereocenters. The summed E-state index contributed by atoms with van der Waals surface area (Å²) in [4.78, 5) is 9.39. The Kier molecular flexibility index (Phi) is 3.48. The Morgan fingerprint density at radius 2 is 2.06 bits per heavy atom. The van der Waals surface area contributed by atoms with Gasteiger partial charge in [-0.15, -0.1) is 0 Å². The highest BCUT2D eigenvalue weighted by atomic mass is 15.3. The van der Waals surface area contributed by atoms with E-state index in [1.807, 2.05) is 19.4 Å². The summed E-state index contributed by atoms with van der Waals surface area (Å²) in [5.41, 5.74) is 2.66. The first kappa shape index (κ1) is 11.9. The van der Waals surface area contributed by atoms with Crippen molar-refractivity contribution in [2.45, 2.75) is 25.4 Å². The van der Waals surface area contributed by atoms with E-state index < -0.39 is 0 Å². The van der Waals surface area contributed by atoms with Gasteiger partial charge >= 0.3 is 0 Å². The lowest BCUT2D eigenvalue weighted by Gasteiger charge is -2.37. The molecule has 4 heteroatoms. The molecule has 98 valence electrons. The van der Waals surface area contributed by atoms with E-state index >= 15 is 0 Å². The molecule has 1 aromatic rings. The van der Waals surface area contributed by atoms with Crippen LogP contribution in [0.4, 0.5) is 5.69 Å². The summed E-state index contributed by atoms with van der Waals surface area (Å²) in [6, 6.07) is 3.06. The molecule has 1 N–H and O–H groups in total. The van der Waals surface area contributed by atoms with E-state index in [1.165, 1.54) is 37.2 Å². The molecule has 2 heterocycles. The van der Waals surface area contributed by atoms with Gasteiger partial charge in [-0.3, -0.25) is 9.88 Å². The van der Waals surface area contributed by atoms with Crippen LogP contribution < -0.4 is 10.2 Å². The van der Waals surface area contributed by atoms with Gasteiger partial charge in [-0.05, 0) is 26.0 Å². The largest absolute Gasteiger partial charge is 0.369 e. The van der Waals surface area contributed by atoms with Gasteiger partial charge < -0.3 is 10.2 Å². The first-order chi connectivity index (χ1) is 8.88. The van der Waals surface area contributed by atoms with Gasteiger partial charge in [0.05, 0.1) is 0 Å². The Labute approximate surface area is 109 Å². The number of nitrogens with one attached hydrogen (secondary N) is 1. The molecule has 0 atom stereocenters. The molecule has 18 heavy (non-hydrogen) atoms. The van der Waals surface area contributed by atoms with Crippen molar-refractivity contribution in [1.82, 2.24) is 15.2 Å². The molecule has 0 radical (unpaired) electrons. The van der Waals surface area contributed by atoms with E-state index in [9.17, 15) is 0 Å². The lowest BCUT2D eigenvalue weighted by Crippen LogP contribution is -2.47. The fraction of sp³-hybridized carbons (Fsp3) is 0.643. The van der Waals surface area contributed by atoms with Crippen LogP contribution in [0.15, 0.2) is 18.5 Å². The lowest BCUT2D eigenvalue weighted by atomic mass is 10.2. The minimum Gasteiger partial charge on any atom is -0.369 e. The Morgan fingerprint density at radius 3 is 2.72 bits per heavy atom. The third-order valence-electron chi connectivity index (χ3n) is 3.96. The molecule has 2 aliphatic rings. The SMILES string of the molecule is CNCc1cnccc1N1CCN(C2CC2)CC1. The number of anilines is 1. The van der Waals surface area contributed by atoms with Crippen molar-refractivity contribution >= 4 is 5.69 Å². The Hall–Kier alpha value is -1.13. The summed E-state index contributed by atoms with van der Waals surface area (Å²) < 4.78 is 0. The summed E-state index contributed by atoms with van der Waals surface area (Å²) >= 11 is 0. The molecule has 1 aliphatic carbocycles. The second kappa shape index (κ2) is 5.24. The van der Waals surface area contributed by atoms with Crippen molar-refractivity contribution in [2.75, 3.05) is 38.1 Å². The molecule has 1 saturated heterocycles. The van der Waals surface area contributed by atoms with Crippen molar-refractivity contribution in [3.63, 3.8) is 0 Å². The Morgan fingerprint density at radius 1 is 1.28 bits per heavy atom. The zero-order chi connectivity index (χ0) is 12.4. The molecule has 3 rings (SSSR count). The predicted molar refractivity (Wildman–Crippen MR) is 73.8 cm³/mol. The predicted octanol–water partition coefficient (Wildman–Crippen LogP) is 1.09. The highest BCUT2D eigenvalue weighted by molar-refractivity contribution is 5.52. The number of nitrogens with zero attached hydrogens (tertiary/aromatic N) is 3. The molecule has 0 amide bonds. The van der Waals surface area contributed by atoms with E-state index in [1.54, 1.807) is 0 Å². The number of pyridine rings is 1. The monoisotopic (exact) mass is 246 g/mol. The van der Waals surface area contributed by atoms with Crippen LogP contribution in [0.25, 0.3) is 0 Å². The molecule has 1 aliphatic heterocycles. The summed E-state index contributed by atoms with van der Waals surface area (Å²) in [6.45, 7) is 5.62. The molecule has 1 saturated carbocycles. The molecule has 2 fully saturated rings. The van der Waals surface area contributed by atoms with E-state index in [0.29, 0.717) is 0 Å². The quantitative estimate of drug-likeness (QED) is 0.861. The maximum Gasteiger partial charge on any atom is 0.0443 e. The van der Waals surface area contributed by atoms with Crippen LogP contribution in [0.1, 0.15) is 18.4 Å². The number of hydrogen-bond acceptors (Lipinski definition) is 4.